The molecule has 3 aromatic heterocycles. The van der Waals surface area contributed by atoms with Crippen molar-refractivity contribution in [1.82, 2.24) is 34.7 Å². The number of benzene rings is 2. The predicted octanol–water partition coefficient (Wildman–Crippen LogP) is 5.52. The van der Waals surface area contributed by atoms with Gasteiger partial charge in [0.1, 0.15) is 22.7 Å². The van der Waals surface area contributed by atoms with E-state index in [1.165, 1.54) is 63.1 Å². The maximum absolute atomic E-state index is 5.94. The molecule has 12 nitrogen and oxygen atoms in total. The number of rotatable bonds is 9. The number of ether oxygens (including phenoxy) is 1. The van der Waals surface area contributed by atoms with Gasteiger partial charge in [-0.05, 0) is 62.4 Å². The van der Waals surface area contributed by atoms with Gasteiger partial charge in [0.05, 0.1) is 35.1 Å². The highest BCUT2D eigenvalue weighted by Crippen LogP contribution is 2.38. The topological polar surface area (TPSA) is 114 Å². The summed E-state index contributed by atoms with van der Waals surface area (Å²) in [5.41, 5.74) is 7.45. The highest BCUT2D eigenvalue weighted by molar-refractivity contribution is 5.99. The second kappa shape index (κ2) is 12.7. The number of piperidine rings is 1. The summed E-state index contributed by atoms with van der Waals surface area (Å²) in [4.78, 5) is 32.1. The number of hydrogen-bond acceptors (Lipinski definition) is 11. The van der Waals surface area contributed by atoms with Crippen LogP contribution in [0.1, 0.15) is 31.2 Å². The maximum Gasteiger partial charge on any atom is 0.231 e. The lowest BCUT2D eigenvalue weighted by Crippen LogP contribution is -2.53. The second-order valence-corrected chi connectivity index (χ2v) is 13.5. The predicted molar refractivity (Wildman–Crippen MR) is 193 cm³/mol. The van der Waals surface area contributed by atoms with Crippen molar-refractivity contribution in [3.63, 3.8) is 0 Å². The molecule has 0 amide bonds. The minimum Gasteiger partial charge on any atom is -0.494 e. The lowest BCUT2D eigenvalue weighted by molar-refractivity contribution is 0.0809. The van der Waals surface area contributed by atoms with E-state index in [-0.39, 0.29) is 0 Å². The van der Waals surface area contributed by atoms with Gasteiger partial charge in [0.25, 0.3) is 0 Å². The Morgan fingerprint density at radius 1 is 0.833 bits per heavy atom. The molecule has 2 aliphatic heterocycles. The molecule has 5 heterocycles. The zero-order valence-electron chi connectivity index (χ0n) is 28.3. The van der Waals surface area contributed by atoms with E-state index in [9.17, 15) is 0 Å². The molecule has 3 fully saturated rings. The molecule has 3 aliphatic rings. The third kappa shape index (κ3) is 5.94. The summed E-state index contributed by atoms with van der Waals surface area (Å²) in [6.45, 7) is 9.21. The molecule has 8 rings (SSSR count). The summed E-state index contributed by atoms with van der Waals surface area (Å²) in [5, 5.41) is 7.92. The number of aromatic amines is 1. The largest absolute Gasteiger partial charge is 0.494 e. The van der Waals surface area contributed by atoms with E-state index in [1.807, 2.05) is 43.4 Å². The lowest BCUT2D eigenvalue weighted by atomic mass is 10.0. The van der Waals surface area contributed by atoms with Crippen molar-refractivity contribution in [3.05, 3.63) is 54.5 Å². The fraction of sp³-hybridized carbons (Fsp3) is 0.444. The molecular weight excluding hydrogens is 602 g/mol. The first-order chi connectivity index (χ1) is 23.4. The Labute approximate surface area is 281 Å². The smallest absolute Gasteiger partial charge is 0.231 e. The van der Waals surface area contributed by atoms with Crippen molar-refractivity contribution in [1.29, 1.82) is 0 Å². The van der Waals surface area contributed by atoms with Gasteiger partial charge in [-0.15, -0.1) is 0 Å². The zero-order chi connectivity index (χ0) is 32.8. The van der Waals surface area contributed by atoms with Crippen molar-refractivity contribution < 1.29 is 4.74 Å². The number of H-pyrrole nitrogens is 1. The van der Waals surface area contributed by atoms with Crippen molar-refractivity contribution in [2.75, 3.05) is 80.9 Å². The summed E-state index contributed by atoms with van der Waals surface area (Å²) in [5.74, 6) is 1.91. The quantitative estimate of drug-likeness (QED) is 0.188. The molecule has 250 valence electrons. The van der Waals surface area contributed by atoms with E-state index in [1.54, 1.807) is 19.5 Å². The summed E-state index contributed by atoms with van der Waals surface area (Å²) in [6.07, 6.45) is 10.5. The lowest BCUT2D eigenvalue weighted by Gasteiger charge is -2.43. The Hall–Kier alpha value is -4.68. The maximum atomic E-state index is 5.94. The van der Waals surface area contributed by atoms with Crippen LogP contribution in [0, 0.1) is 6.92 Å². The van der Waals surface area contributed by atoms with Gasteiger partial charge < -0.3 is 30.2 Å². The van der Waals surface area contributed by atoms with Crippen LogP contribution >= 0.6 is 0 Å². The van der Waals surface area contributed by atoms with E-state index in [0.717, 1.165) is 64.0 Å². The molecule has 2 aromatic carbocycles. The van der Waals surface area contributed by atoms with Crippen LogP contribution in [0.4, 0.5) is 34.5 Å². The average molecular weight is 648 g/mol. The van der Waals surface area contributed by atoms with Gasteiger partial charge in [0.2, 0.25) is 5.95 Å². The van der Waals surface area contributed by atoms with Crippen LogP contribution in [-0.2, 0) is 0 Å². The first-order valence-corrected chi connectivity index (χ1v) is 17.2. The Kier molecular flexibility index (Phi) is 8.13. The summed E-state index contributed by atoms with van der Waals surface area (Å²) in [7, 11) is 5.73. The van der Waals surface area contributed by atoms with Crippen LogP contribution in [0.3, 0.4) is 0 Å². The number of aryl methyl sites for hydroxylation is 1. The van der Waals surface area contributed by atoms with Gasteiger partial charge in [-0.1, -0.05) is 0 Å². The molecule has 0 bridgehead atoms. The molecular formula is C36H45N11O. The third-order valence-corrected chi connectivity index (χ3v) is 10.2. The first kappa shape index (κ1) is 30.6. The van der Waals surface area contributed by atoms with Gasteiger partial charge in [0.15, 0.2) is 0 Å². The second-order valence-electron chi connectivity index (χ2n) is 13.5. The van der Waals surface area contributed by atoms with Crippen molar-refractivity contribution >= 4 is 56.6 Å². The van der Waals surface area contributed by atoms with Crippen LogP contribution in [-0.4, -0.2) is 107 Å². The fourth-order valence-electron chi connectivity index (χ4n) is 7.58. The normalized spacial score (nSPS) is 18.0. The zero-order valence-corrected chi connectivity index (χ0v) is 28.3. The molecule has 3 N–H and O–H groups in total. The highest BCUT2D eigenvalue weighted by Gasteiger charge is 2.34. The molecule has 12 heteroatoms. The monoisotopic (exact) mass is 647 g/mol. The van der Waals surface area contributed by atoms with Crippen LogP contribution in [0.5, 0.6) is 5.75 Å². The minimum atomic E-state index is 0.465. The Morgan fingerprint density at radius 2 is 1.56 bits per heavy atom. The van der Waals surface area contributed by atoms with Crippen molar-refractivity contribution in [2.45, 2.75) is 44.7 Å². The molecule has 1 saturated carbocycles. The van der Waals surface area contributed by atoms with E-state index >= 15 is 0 Å². The fourth-order valence-corrected chi connectivity index (χ4v) is 7.58. The number of piperazine rings is 1. The molecule has 2 saturated heterocycles. The minimum absolute atomic E-state index is 0.465. The van der Waals surface area contributed by atoms with Crippen LogP contribution in [0.15, 0.2) is 48.9 Å². The van der Waals surface area contributed by atoms with Gasteiger partial charge in [-0.3, -0.25) is 19.8 Å². The molecule has 5 aromatic rings. The standard InChI is InChI=1S/C36H45N11O/c1-23-21-29(31(48-4)22-30(23)47-15-10-25(11-16-47)46-19-17-45(18-20-46)24-5-6-24)41-36-42-34-26(9-12-39-34)35(43-36)40-28-8-7-27-32(33(28)44(2)3)38-14-13-37-27/h7-9,12-14,21-22,24-25H,5-6,10-11,15-20H2,1-4H3,(H3,39,40,41,42,43). The first-order valence-electron chi connectivity index (χ1n) is 17.2. The summed E-state index contributed by atoms with van der Waals surface area (Å²) >= 11 is 0. The number of nitrogens with zero attached hydrogens (tertiary/aromatic N) is 8. The van der Waals surface area contributed by atoms with Gasteiger partial charge >= 0.3 is 0 Å². The molecule has 1 aliphatic carbocycles. The van der Waals surface area contributed by atoms with Crippen molar-refractivity contribution in [2.24, 2.45) is 0 Å². The van der Waals surface area contributed by atoms with Crippen LogP contribution in [0.2, 0.25) is 0 Å². The van der Waals surface area contributed by atoms with E-state index in [4.69, 9.17) is 14.7 Å². The molecule has 0 unspecified atom stereocenters. The molecule has 48 heavy (non-hydrogen) atoms. The number of aromatic nitrogens is 5. The number of nitrogens with one attached hydrogen (secondary N) is 3. The Bertz CT molecular complexity index is 1920. The van der Waals surface area contributed by atoms with E-state index in [2.05, 4.69) is 59.3 Å². The van der Waals surface area contributed by atoms with Crippen LogP contribution < -0.4 is 25.2 Å². The van der Waals surface area contributed by atoms with Gasteiger partial charge in [0, 0.05) is 95.8 Å². The van der Waals surface area contributed by atoms with Crippen LogP contribution in [0.25, 0.3) is 22.1 Å². The number of anilines is 6. The van der Waals surface area contributed by atoms with E-state index < -0.39 is 0 Å². The number of fused-ring (bicyclic) bond motifs is 2. The molecule has 0 radical (unpaired) electrons. The van der Waals surface area contributed by atoms with Gasteiger partial charge in [-0.25, -0.2) is 0 Å². The number of methoxy groups -OCH3 is 1. The van der Waals surface area contributed by atoms with Gasteiger partial charge in [-0.2, -0.15) is 9.97 Å². The Morgan fingerprint density at radius 3 is 2.27 bits per heavy atom. The molecule has 0 atom stereocenters. The highest BCUT2D eigenvalue weighted by atomic mass is 16.5. The Balaban J connectivity index is 1.01. The van der Waals surface area contributed by atoms with E-state index in [0.29, 0.717) is 17.8 Å². The summed E-state index contributed by atoms with van der Waals surface area (Å²) < 4.78 is 5.94. The summed E-state index contributed by atoms with van der Waals surface area (Å²) in [6, 6.07) is 11.9. The number of hydrogen-bond donors (Lipinski definition) is 3. The average Bonchev–Trinajstić information content (AvgIpc) is 3.85. The SMILES string of the molecule is COc1cc(N2CCC(N3CCN(C4CC4)CC3)CC2)c(C)cc1Nc1nc(Nc2ccc3nccnc3c2N(C)C)c2cc[nH]c2n1. The third-order valence-electron chi connectivity index (χ3n) is 10.2. The van der Waals surface area contributed by atoms with Crippen molar-refractivity contribution in [3.8, 4) is 5.75 Å². The molecule has 0 spiro atoms.